The van der Waals surface area contributed by atoms with Gasteiger partial charge >= 0.3 is 0 Å². The van der Waals surface area contributed by atoms with Crippen LogP contribution in [0.4, 0.5) is 0 Å². The van der Waals surface area contributed by atoms with Gasteiger partial charge in [-0.15, -0.1) is 0 Å². The maximum Gasteiger partial charge on any atom is 0.0192 e. The van der Waals surface area contributed by atoms with Crippen molar-refractivity contribution >= 4 is 0 Å². The van der Waals surface area contributed by atoms with E-state index in [2.05, 4.69) is 51.8 Å². The third-order valence-electron chi connectivity index (χ3n) is 3.30. The molecule has 0 aromatic heterocycles. The van der Waals surface area contributed by atoms with Gasteiger partial charge in [0.05, 0.1) is 0 Å². The molecule has 0 spiro atoms. The van der Waals surface area contributed by atoms with E-state index in [1.165, 1.54) is 19.4 Å². The SMILES string of the molecule is CCCN(CC)C(C)CNC(C)(C)CC. The summed E-state index contributed by atoms with van der Waals surface area (Å²) in [5.74, 6) is 0. The summed E-state index contributed by atoms with van der Waals surface area (Å²) in [5.41, 5.74) is 0.278. The highest BCUT2D eigenvalue weighted by molar-refractivity contribution is 4.78. The number of rotatable bonds is 8. The van der Waals surface area contributed by atoms with Crippen LogP contribution in [-0.4, -0.2) is 36.1 Å². The van der Waals surface area contributed by atoms with Crippen LogP contribution in [-0.2, 0) is 0 Å². The maximum absolute atomic E-state index is 3.64. The number of hydrogen-bond acceptors (Lipinski definition) is 2. The third-order valence-corrected chi connectivity index (χ3v) is 3.30. The molecule has 92 valence electrons. The lowest BCUT2D eigenvalue weighted by Gasteiger charge is -2.32. The standard InChI is InChI=1S/C13H30N2/c1-7-10-15(9-3)12(4)11-14-13(5,6)8-2/h12,14H,7-11H2,1-6H3. The van der Waals surface area contributed by atoms with Crippen LogP contribution < -0.4 is 5.32 Å². The van der Waals surface area contributed by atoms with Gasteiger partial charge in [-0.05, 0) is 46.7 Å². The molecule has 1 atom stereocenters. The van der Waals surface area contributed by atoms with Crippen molar-refractivity contribution in [2.75, 3.05) is 19.6 Å². The molecule has 0 aliphatic rings. The molecule has 0 rings (SSSR count). The van der Waals surface area contributed by atoms with Crippen molar-refractivity contribution in [1.82, 2.24) is 10.2 Å². The molecule has 0 radical (unpaired) electrons. The highest BCUT2D eigenvalue weighted by atomic mass is 15.2. The van der Waals surface area contributed by atoms with Gasteiger partial charge in [0.25, 0.3) is 0 Å². The van der Waals surface area contributed by atoms with Crippen molar-refractivity contribution in [2.45, 2.75) is 66.0 Å². The Bertz CT molecular complexity index is 155. The molecule has 1 N–H and O–H groups in total. The Morgan fingerprint density at radius 3 is 2.20 bits per heavy atom. The van der Waals surface area contributed by atoms with E-state index in [0.29, 0.717) is 6.04 Å². The van der Waals surface area contributed by atoms with E-state index in [0.717, 1.165) is 13.1 Å². The van der Waals surface area contributed by atoms with E-state index < -0.39 is 0 Å². The van der Waals surface area contributed by atoms with Crippen LogP contribution in [0.3, 0.4) is 0 Å². The molecule has 2 heteroatoms. The summed E-state index contributed by atoms with van der Waals surface area (Å²) < 4.78 is 0. The first-order valence-electron chi connectivity index (χ1n) is 6.45. The molecule has 0 saturated carbocycles. The molecule has 2 nitrogen and oxygen atoms in total. The van der Waals surface area contributed by atoms with E-state index in [1.54, 1.807) is 0 Å². The normalized spacial score (nSPS) is 14.6. The summed E-state index contributed by atoms with van der Waals surface area (Å²) in [6.07, 6.45) is 2.43. The fourth-order valence-corrected chi connectivity index (χ4v) is 1.66. The summed E-state index contributed by atoms with van der Waals surface area (Å²) in [7, 11) is 0. The molecular weight excluding hydrogens is 184 g/mol. The first-order chi connectivity index (χ1) is 6.96. The van der Waals surface area contributed by atoms with Crippen LogP contribution in [0.15, 0.2) is 0 Å². The van der Waals surface area contributed by atoms with Gasteiger partial charge in [0.1, 0.15) is 0 Å². The van der Waals surface area contributed by atoms with E-state index in [9.17, 15) is 0 Å². The van der Waals surface area contributed by atoms with Gasteiger partial charge in [0.15, 0.2) is 0 Å². The van der Waals surface area contributed by atoms with E-state index >= 15 is 0 Å². The number of hydrogen-bond donors (Lipinski definition) is 1. The zero-order valence-electron chi connectivity index (χ0n) is 11.6. The summed E-state index contributed by atoms with van der Waals surface area (Å²) >= 11 is 0. The van der Waals surface area contributed by atoms with Crippen LogP contribution in [0.1, 0.15) is 54.4 Å². The Morgan fingerprint density at radius 2 is 1.80 bits per heavy atom. The summed E-state index contributed by atoms with van der Waals surface area (Å²) in [6.45, 7) is 17.1. The molecule has 0 aromatic carbocycles. The van der Waals surface area contributed by atoms with Crippen LogP contribution in [0.2, 0.25) is 0 Å². The zero-order chi connectivity index (χ0) is 11.9. The number of likely N-dealkylation sites (N-methyl/N-ethyl adjacent to an activating group) is 1. The average Bonchev–Trinajstić information content (AvgIpc) is 2.22. The molecule has 0 heterocycles. The first-order valence-corrected chi connectivity index (χ1v) is 6.45. The predicted octanol–water partition coefficient (Wildman–Crippen LogP) is 2.89. The maximum atomic E-state index is 3.64. The van der Waals surface area contributed by atoms with Crippen molar-refractivity contribution < 1.29 is 0 Å². The van der Waals surface area contributed by atoms with Crippen LogP contribution >= 0.6 is 0 Å². The van der Waals surface area contributed by atoms with Gasteiger partial charge in [-0.25, -0.2) is 0 Å². The lowest BCUT2D eigenvalue weighted by atomic mass is 10.0. The van der Waals surface area contributed by atoms with Crippen LogP contribution in [0.5, 0.6) is 0 Å². The van der Waals surface area contributed by atoms with E-state index in [-0.39, 0.29) is 5.54 Å². The quantitative estimate of drug-likeness (QED) is 0.668. The van der Waals surface area contributed by atoms with Gasteiger partial charge in [-0.2, -0.15) is 0 Å². The summed E-state index contributed by atoms with van der Waals surface area (Å²) in [4.78, 5) is 2.54. The molecule has 0 aliphatic heterocycles. The lowest BCUT2D eigenvalue weighted by Crippen LogP contribution is -2.47. The van der Waals surface area contributed by atoms with E-state index in [4.69, 9.17) is 0 Å². The Kier molecular flexibility index (Phi) is 7.20. The van der Waals surface area contributed by atoms with Gasteiger partial charge in [0.2, 0.25) is 0 Å². The second-order valence-electron chi connectivity index (χ2n) is 5.10. The number of nitrogens with one attached hydrogen (secondary N) is 1. The summed E-state index contributed by atoms with van der Waals surface area (Å²) in [5, 5.41) is 3.64. The molecular formula is C13H30N2. The Morgan fingerprint density at radius 1 is 1.20 bits per heavy atom. The monoisotopic (exact) mass is 214 g/mol. The molecule has 0 saturated heterocycles. The fourth-order valence-electron chi connectivity index (χ4n) is 1.66. The van der Waals surface area contributed by atoms with E-state index in [1.807, 2.05) is 0 Å². The molecule has 0 fully saturated rings. The topological polar surface area (TPSA) is 15.3 Å². The van der Waals surface area contributed by atoms with Gasteiger partial charge in [0, 0.05) is 18.1 Å². The highest BCUT2D eigenvalue weighted by Crippen LogP contribution is 2.08. The number of nitrogens with zero attached hydrogens (tertiary/aromatic N) is 1. The van der Waals surface area contributed by atoms with Crippen molar-refractivity contribution in [3.63, 3.8) is 0 Å². The smallest absolute Gasteiger partial charge is 0.0192 e. The fraction of sp³-hybridized carbons (Fsp3) is 1.00. The second kappa shape index (κ2) is 7.24. The minimum atomic E-state index is 0.278. The largest absolute Gasteiger partial charge is 0.310 e. The Labute approximate surface area is 96.4 Å². The third kappa shape index (κ3) is 6.16. The predicted molar refractivity (Wildman–Crippen MR) is 69.4 cm³/mol. The molecule has 0 aliphatic carbocycles. The van der Waals surface area contributed by atoms with Crippen molar-refractivity contribution in [3.8, 4) is 0 Å². The minimum absolute atomic E-state index is 0.278. The Hall–Kier alpha value is -0.0800. The average molecular weight is 214 g/mol. The van der Waals surface area contributed by atoms with Crippen LogP contribution in [0, 0.1) is 0 Å². The van der Waals surface area contributed by atoms with Crippen molar-refractivity contribution in [1.29, 1.82) is 0 Å². The minimum Gasteiger partial charge on any atom is -0.310 e. The second-order valence-corrected chi connectivity index (χ2v) is 5.10. The van der Waals surface area contributed by atoms with Crippen molar-refractivity contribution in [2.24, 2.45) is 0 Å². The zero-order valence-corrected chi connectivity index (χ0v) is 11.6. The Balaban J connectivity index is 3.94. The highest BCUT2D eigenvalue weighted by Gasteiger charge is 2.17. The van der Waals surface area contributed by atoms with Crippen LogP contribution in [0.25, 0.3) is 0 Å². The molecule has 0 bridgehead atoms. The lowest BCUT2D eigenvalue weighted by molar-refractivity contribution is 0.200. The molecule has 1 unspecified atom stereocenters. The van der Waals surface area contributed by atoms with Gasteiger partial charge < -0.3 is 5.32 Å². The molecule has 0 aromatic rings. The molecule has 15 heavy (non-hydrogen) atoms. The first kappa shape index (κ1) is 14.9. The molecule has 0 amide bonds. The van der Waals surface area contributed by atoms with Gasteiger partial charge in [-0.3, -0.25) is 4.90 Å². The van der Waals surface area contributed by atoms with Gasteiger partial charge in [-0.1, -0.05) is 20.8 Å². The van der Waals surface area contributed by atoms with Crippen molar-refractivity contribution in [3.05, 3.63) is 0 Å². The summed E-state index contributed by atoms with van der Waals surface area (Å²) in [6, 6.07) is 0.640.